The Hall–Kier alpha value is -2.06. The van der Waals surface area contributed by atoms with E-state index in [4.69, 9.17) is 9.90 Å². The van der Waals surface area contributed by atoms with E-state index in [-0.39, 0.29) is 21.7 Å². The molecule has 0 N–H and O–H groups in total. The molecule has 2 aliphatic carbocycles. The van der Waals surface area contributed by atoms with Crippen LogP contribution in [0.4, 0.5) is 26.3 Å². The monoisotopic (exact) mass is 464 g/mol. The zero-order valence-electron chi connectivity index (χ0n) is 16.1. The zero-order valence-corrected chi connectivity index (χ0v) is 17.7. The van der Waals surface area contributed by atoms with Gasteiger partial charge in [-0.25, -0.2) is 23.3 Å². The third-order valence-corrected chi connectivity index (χ3v) is 2.98. The van der Waals surface area contributed by atoms with Gasteiger partial charge in [0.1, 0.15) is 5.97 Å². The first-order valence-electron chi connectivity index (χ1n) is 8.14. The third-order valence-electron chi connectivity index (χ3n) is 2.98. The summed E-state index contributed by atoms with van der Waals surface area (Å²) in [5.41, 5.74) is 1.82. The van der Waals surface area contributed by atoms with E-state index in [9.17, 15) is 26.3 Å². The van der Waals surface area contributed by atoms with Crippen molar-refractivity contribution in [3.63, 3.8) is 0 Å². The van der Waals surface area contributed by atoms with Crippen molar-refractivity contribution < 1.29 is 58.0 Å². The van der Waals surface area contributed by atoms with E-state index in [0.29, 0.717) is 0 Å². The zero-order chi connectivity index (χ0) is 22.5. The van der Waals surface area contributed by atoms with E-state index in [2.05, 4.69) is 56.4 Å². The average Bonchev–Trinajstić information content (AvgIpc) is 3.29. The largest absolute Gasteiger partial charge is 4.00 e. The molecule has 0 radical (unpaired) electrons. The van der Waals surface area contributed by atoms with Crippen molar-refractivity contribution in [2.24, 2.45) is 0 Å². The average molecular weight is 464 g/mol. The minimum absolute atomic E-state index is 0. The van der Waals surface area contributed by atoms with Crippen molar-refractivity contribution in [3.8, 4) is 0 Å². The van der Waals surface area contributed by atoms with Crippen LogP contribution in [0.25, 0.3) is 0 Å². The van der Waals surface area contributed by atoms with Gasteiger partial charge in [0.25, 0.3) is 0 Å². The summed E-state index contributed by atoms with van der Waals surface area (Å²) >= 11 is 0. The van der Waals surface area contributed by atoms with E-state index in [1.165, 1.54) is 29.3 Å². The van der Waals surface area contributed by atoms with E-state index >= 15 is 0 Å². The van der Waals surface area contributed by atoms with Crippen molar-refractivity contribution in [2.45, 2.75) is 39.0 Å². The van der Waals surface area contributed by atoms with Gasteiger partial charge < -0.3 is 9.90 Å². The van der Waals surface area contributed by atoms with Crippen molar-refractivity contribution >= 4 is 5.97 Å². The topological polar surface area (TPSA) is 40.1 Å². The SMILES string of the molecule is CC1=[C-]CC=C1.CC1=[C-]CC=C1.FC(F)(F)c1[c-]cccc1.O=C([O-])C(F)(F)F.[Ti+4]. The van der Waals surface area contributed by atoms with Gasteiger partial charge in [-0.3, -0.25) is 12.2 Å². The molecule has 160 valence electrons. The summed E-state index contributed by atoms with van der Waals surface area (Å²) in [6, 6.07) is 7.14. The van der Waals surface area contributed by atoms with Crippen molar-refractivity contribution in [2.75, 3.05) is 0 Å². The number of allylic oxidation sites excluding steroid dienone is 8. The molecule has 2 aliphatic rings. The second-order valence-electron chi connectivity index (χ2n) is 5.49. The van der Waals surface area contributed by atoms with Gasteiger partial charge in [0.05, 0.1) is 0 Å². The first-order valence-corrected chi connectivity index (χ1v) is 8.14. The predicted octanol–water partition coefficient (Wildman–Crippen LogP) is 5.19. The number of rotatable bonds is 0. The smallest absolute Gasteiger partial charge is 0.542 e. The van der Waals surface area contributed by atoms with Crippen LogP contribution in [-0.4, -0.2) is 12.1 Å². The number of benzene rings is 1. The summed E-state index contributed by atoms with van der Waals surface area (Å²) in [7, 11) is 0. The van der Waals surface area contributed by atoms with Crippen LogP contribution in [0.3, 0.4) is 0 Å². The van der Waals surface area contributed by atoms with Crippen LogP contribution in [0.15, 0.2) is 59.7 Å². The van der Waals surface area contributed by atoms with Crippen LogP contribution < -0.4 is 5.11 Å². The van der Waals surface area contributed by atoms with Crippen molar-refractivity contribution in [1.82, 2.24) is 0 Å². The first-order chi connectivity index (χ1) is 13.3. The molecule has 0 fully saturated rings. The fraction of sp³-hybridized carbons (Fsp3) is 0.286. The molecule has 0 amide bonds. The normalized spacial score (nSPS) is 13.9. The summed E-state index contributed by atoms with van der Waals surface area (Å²) < 4.78 is 66.8. The molecule has 0 saturated heterocycles. The minimum Gasteiger partial charge on any atom is -0.542 e. The molecule has 1 aromatic carbocycles. The van der Waals surface area contributed by atoms with Crippen molar-refractivity contribution in [1.29, 1.82) is 0 Å². The second kappa shape index (κ2) is 14.9. The molecule has 0 saturated carbocycles. The fourth-order valence-electron chi connectivity index (χ4n) is 1.60. The van der Waals surface area contributed by atoms with Gasteiger partial charge in [0, 0.05) is 0 Å². The Bertz CT molecular complexity index is 711. The van der Waals surface area contributed by atoms with E-state index < -0.39 is 23.9 Å². The summed E-state index contributed by atoms with van der Waals surface area (Å²) in [5.74, 6) is -3.01. The van der Waals surface area contributed by atoms with Crippen LogP contribution in [-0.2, 0) is 32.7 Å². The Kier molecular flexibility index (Phi) is 14.9. The van der Waals surface area contributed by atoms with Gasteiger partial charge in [-0.05, 0) is 0 Å². The maximum Gasteiger partial charge on any atom is 4.00 e. The first kappa shape index (κ1) is 30.1. The summed E-state index contributed by atoms with van der Waals surface area (Å²) in [6.45, 7) is 4.12. The molecular formula is C21H18F6O2Ti. The number of carboxylic acid groups (broad SMARTS) is 1. The summed E-state index contributed by atoms with van der Waals surface area (Å²) in [4.78, 5) is 8.78. The number of carboxylic acids is 1. The van der Waals surface area contributed by atoms with E-state index in [1.807, 2.05) is 0 Å². The molecule has 1 aromatic rings. The van der Waals surface area contributed by atoms with Crippen LogP contribution in [0.5, 0.6) is 0 Å². The third kappa shape index (κ3) is 15.8. The number of hydrogen-bond donors (Lipinski definition) is 0. The molecule has 2 nitrogen and oxygen atoms in total. The molecule has 0 heterocycles. The number of halogens is 6. The molecule has 3 rings (SSSR count). The van der Waals surface area contributed by atoms with Gasteiger partial charge >= 0.3 is 34.1 Å². The maximum absolute atomic E-state index is 11.8. The molecule has 0 aliphatic heterocycles. The number of alkyl halides is 6. The standard InChI is InChI=1S/C7H4F3.2C6H7.C2HF3O2.Ti/c8-7(9,10)6-4-2-1-3-5-6;2*1-6-4-2-3-5-6;3-2(4,5)1(6)7;/h1-4H;2*2,4H,3H2,1H3;(H,6,7);/q3*-1;;+4/p-1. The van der Waals surface area contributed by atoms with Gasteiger partial charge in [-0.2, -0.15) is 68.8 Å². The number of carbonyl (C=O) groups excluding carboxylic acids is 1. The number of hydrogen-bond acceptors (Lipinski definition) is 2. The molecule has 0 atom stereocenters. The Balaban J connectivity index is 0. The Morgan fingerprint density at radius 1 is 0.933 bits per heavy atom. The Morgan fingerprint density at radius 2 is 1.37 bits per heavy atom. The molecule has 0 aromatic heterocycles. The fourth-order valence-corrected chi connectivity index (χ4v) is 1.60. The van der Waals surface area contributed by atoms with Crippen LogP contribution in [0, 0.1) is 18.2 Å². The van der Waals surface area contributed by atoms with Crippen LogP contribution in [0.1, 0.15) is 32.3 Å². The van der Waals surface area contributed by atoms with Gasteiger partial charge in [0.15, 0.2) is 0 Å². The number of aliphatic carboxylic acids is 1. The van der Waals surface area contributed by atoms with Gasteiger partial charge in [0.2, 0.25) is 0 Å². The maximum atomic E-state index is 11.8. The summed E-state index contributed by atoms with van der Waals surface area (Å²) in [6.07, 6.45) is 7.21. The van der Waals surface area contributed by atoms with Crippen LogP contribution in [0.2, 0.25) is 0 Å². The Labute approximate surface area is 186 Å². The van der Waals surface area contributed by atoms with Crippen molar-refractivity contribution in [3.05, 3.63) is 83.5 Å². The molecule has 9 heteroatoms. The Morgan fingerprint density at radius 3 is 1.50 bits per heavy atom. The molecule has 0 unspecified atom stereocenters. The van der Waals surface area contributed by atoms with E-state index in [0.717, 1.165) is 18.9 Å². The van der Waals surface area contributed by atoms with Gasteiger partial charge in [-0.1, -0.05) is 19.4 Å². The number of carbonyl (C=O) groups is 1. The quantitative estimate of drug-likeness (QED) is 0.301. The van der Waals surface area contributed by atoms with E-state index in [1.54, 1.807) is 0 Å². The van der Waals surface area contributed by atoms with Crippen LogP contribution >= 0.6 is 0 Å². The second-order valence-corrected chi connectivity index (χ2v) is 5.49. The van der Waals surface area contributed by atoms with Gasteiger partial charge in [-0.15, -0.1) is 12.8 Å². The molecule has 0 bridgehead atoms. The summed E-state index contributed by atoms with van der Waals surface area (Å²) in [5, 5.41) is 8.78. The molecular weight excluding hydrogens is 446 g/mol. The molecule has 0 spiro atoms. The minimum atomic E-state index is -5.19. The molecule has 30 heavy (non-hydrogen) atoms. The predicted molar refractivity (Wildman–Crippen MR) is 93.7 cm³/mol.